The molecule has 0 saturated carbocycles. The van der Waals surface area contributed by atoms with Gasteiger partial charge in [0.2, 0.25) is 0 Å². The third-order valence-electron chi connectivity index (χ3n) is 4.11. The zero-order chi connectivity index (χ0) is 16.7. The monoisotopic (exact) mass is 335 g/mol. The van der Waals surface area contributed by atoms with Gasteiger partial charge in [-0.25, -0.2) is 4.39 Å². The van der Waals surface area contributed by atoms with Gasteiger partial charge < -0.3 is 0 Å². The second kappa shape index (κ2) is 5.69. The number of nitrogens with one attached hydrogen (secondary N) is 1. The van der Waals surface area contributed by atoms with Crippen LogP contribution in [-0.2, 0) is 0 Å². The quantitative estimate of drug-likeness (QED) is 0.511. The van der Waals surface area contributed by atoms with Crippen LogP contribution in [0.25, 0.3) is 27.8 Å². The van der Waals surface area contributed by atoms with Gasteiger partial charge in [0, 0.05) is 10.9 Å². The Bertz CT molecular complexity index is 1110. The molecule has 0 fully saturated rings. The smallest absolute Gasteiger partial charge is 0.200 e. The topological polar surface area (TPSA) is 33.6 Å². The van der Waals surface area contributed by atoms with Gasteiger partial charge in [0.25, 0.3) is 0 Å². The van der Waals surface area contributed by atoms with Crippen molar-refractivity contribution in [3.8, 4) is 17.1 Å². The maximum absolute atomic E-state index is 13.4. The summed E-state index contributed by atoms with van der Waals surface area (Å²) in [5.74, 6) is 0.413. The van der Waals surface area contributed by atoms with Gasteiger partial charge in [-0.3, -0.25) is 9.67 Å². The Morgan fingerprint density at radius 2 is 1.83 bits per heavy atom. The van der Waals surface area contributed by atoms with Crippen LogP contribution in [0.3, 0.4) is 0 Å². The van der Waals surface area contributed by atoms with E-state index in [0.29, 0.717) is 10.6 Å². The van der Waals surface area contributed by atoms with E-state index in [1.165, 1.54) is 12.1 Å². The van der Waals surface area contributed by atoms with Crippen molar-refractivity contribution in [3.63, 3.8) is 0 Å². The molecule has 0 aliphatic heterocycles. The molecule has 0 bridgehead atoms. The van der Waals surface area contributed by atoms with Crippen LogP contribution in [0.2, 0.25) is 0 Å². The summed E-state index contributed by atoms with van der Waals surface area (Å²) in [7, 11) is 0. The van der Waals surface area contributed by atoms with Crippen molar-refractivity contribution in [2.75, 3.05) is 0 Å². The van der Waals surface area contributed by atoms with E-state index < -0.39 is 0 Å². The van der Waals surface area contributed by atoms with E-state index in [-0.39, 0.29) is 5.82 Å². The average molecular weight is 335 g/mol. The lowest BCUT2D eigenvalue weighted by Crippen LogP contribution is -2.00. The van der Waals surface area contributed by atoms with Gasteiger partial charge in [-0.05, 0) is 54.4 Å². The third kappa shape index (κ3) is 2.34. The lowest BCUT2D eigenvalue weighted by atomic mass is 10.1. The first-order valence-electron chi connectivity index (χ1n) is 7.57. The van der Waals surface area contributed by atoms with Crippen LogP contribution in [0.15, 0.2) is 60.7 Å². The molecule has 1 N–H and O–H groups in total. The maximum Gasteiger partial charge on any atom is 0.200 e. The Balaban J connectivity index is 2.03. The number of aromatic nitrogens is 3. The molecule has 0 unspecified atom stereocenters. The lowest BCUT2D eigenvalue weighted by molar-refractivity contribution is 0.627. The summed E-state index contributed by atoms with van der Waals surface area (Å²) in [6.07, 6.45) is 0. The van der Waals surface area contributed by atoms with E-state index in [0.717, 1.165) is 27.6 Å². The number of benzene rings is 3. The Labute approximate surface area is 143 Å². The van der Waals surface area contributed by atoms with E-state index in [9.17, 15) is 4.39 Å². The van der Waals surface area contributed by atoms with E-state index >= 15 is 0 Å². The zero-order valence-corrected chi connectivity index (χ0v) is 13.8. The minimum Gasteiger partial charge on any atom is -0.268 e. The Morgan fingerprint density at radius 3 is 2.67 bits per heavy atom. The van der Waals surface area contributed by atoms with E-state index in [1.54, 1.807) is 6.07 Å². The van der Waals surface area contributed by atoms with Crippen molar-refractivity contribution in [2.24, 2.45) is 0 Å². The number of nitrogens with zero attached hydrogens (tertiary/aromatic N) is 2. The van der Waals surface area contributed by atoms with E-state index in [1.807, 2.05) is 35.8 Å². The fraction of sp³-hybridized carbons (Fsp3) is 0.0526. The van der Waals surface area contributed by atoms with Crippen LogP contribution in [0, 0.1) is 17.5 Å². The summed E-state index contributed by atoms with van der Waals surface area (Å²) in [6.45, 7) is 1.86. The van der Waals surface area contributed by atoms with Crippen LogP contribution >= 0.6 is 12.2 Å². The first kappa shape index (κ1) is 14.8. The number of halogens is 1. The molecule has 0 aliphatic rings. The summed E-state index contributed by atoms with van der Waals surface area (Å²) in [5.41, 5.74) is 2.60. The number of aromatic amines is 1. The molecule has 4 rings (SSSR count). The molecule has 4 aromatic rings. The molecule has 0 saturated heterocycles. The van der Waals surface area contributed by atoms with Gasteiger partial charge in [0.1, 0.15) is 5.82 Å². The Hall–Kier alpha value is -2.79. The summed E-state index contributed by atoms with van der Waals surface area (Å²) >= 11 is 5.46. The van der Waals surface area contributed by atoms with Crippen molar-refractivity contribution >= 4 is 23.0 Å². The Morgan fingerprint density at radius 1 is 1.04 bits per heavy atom. The second-order valence-electron chi connectivity index (χ2n) is 5.65. The standard InChI is InChI=1S/C19H14FN3S/c1-12-11-14(20)9-10-15(12)18-21-22-19(24)23(18)17-8-4-6-13-5-2-3-7-16(13)17/h2-11H,1H3,(H,22,24). The summed E-state index contributed by atoms with van der Waals surface area (Å²) in [5, 5.41) is 9.45. The second-order valence-corrected chi connectivity index (χ2v) is 6.03. The number of hydrogen-bond acceptors (Lipinski definition) is 2. The van der Waals surface area contributed by atoms with Crippen LogP contribution < -0.4 is 0 Å². The highest BCUT2D eigenvalue weighted by atomic mass is 32.1. The minimum atomic E-state index is -0.262. The zero-order valence-electron chi connectivity index (χ0n) is 13.0. The van der Waals surface area contributed by atoms with Gasteiger partial charge in [0.15, 0.2) is 10.6 Å². The van der Waals surface area contributed by atoms with E-state index in [2.05, 4.69) is 28.4 Å². The highest BCUT2D eigenvalue weighted by molar-refractivity contribution is 7.71. The fourth-order valence-electron chi connectivity index (χ4n) is 2.98. The van der Waals surface area contributed by atoms with Crippen LogP contribution in [-0.4, -0.2) is 14.8 Å². The SMILES string of the molecule is Cc1cc(F)ccc1-c1n[nH]c(=S)n1-c1cccc2ccccc12. The van der Waals surface area contributed by atoms with Gasteiger partial charge in [-0.1, -0.05) is 36.4 Å². The number of H-pyrrole nitrogens is 1. The number of hydrogen-bond donors (Lipinski definition) is 1. The summed E-state index contributed by atoms with van der Waals surface area (Å²) in [4.78, 5) is 0. The molecule has 1 aromatic heterocycles. The Kier molecular flexibility index (Phi) is 3.50. The number of rotatable bonds is 2. The van der Waals surface area contributed by atoms with Crippen molar-refractivity contribution in [2.45, 2.75) is 6.92 Å². The number of aryl methyl sites for hydroxylation is 1. The molecule has 0 radical (unpaired) electrons. The van der Waals surface area contributed by atoms with Gasteiger partial charge in [0.05, 0.1) is 5.69 Å². The largest absolute Gasteiger partial charge is 0.268 e. The lowest BCUT2D eigenvalue weighted by Gasteiger charge is -2.11. The predicted molar refractivity (Wildman–Crippen MR) is 96.4 cm³/mol. The molecule has 3 aromatic carbocycles. The number of fused-ring (bicyclic) bond motifs is 1. The average Bonchev–Trinajstić information content (AvgIpc) is 2.95. The van der Waals surface area contributed by atoms with Crippen LogP contribution in [0.1, 0.15) is 5.56 Å². The highest BCUT2D eigenvalue weighted by Crippen LogP contribution is 2.29. The van der Waals surface area contributed by atoms with E-state index in [4.69, 9.17) is 12.2 Å². The van der Waals surface area contributed by atoms with Crippen LogP contribution in [0.5, 0.6) is 0 Å². The molecule has 24 heavy (non-hydrogen) atoms. The van der Waals surface area contributed by atoms with Crippen molar-refractivity contribution in [1.29, 1.82) is 0 Å². The van der Waals surface area contributed by atoms with Crippen molar-refractivity contribution in [1.82, 2.24) is 14.8 Å². The molecule has 1 heterocycles. The molecule has 118 valence electrons. The van der Waals surface area contributed by atoms with Crippen LogP contribution in [0.4, 0.5) is 4.39 Å². The molecule has 3 nitrogen and oxygen atoms in total. The summed E-state index contributed by atoms with van der Waals surface area (Å²) in [6, 6.07) is 18.9. The normalized spacial score (nSPS) is 11.1. The molecule has 0 amide bonds. The minimum absolute atomic E-state index is 0.262. The van der Waals surface area contributed by atoms with Crippen molar-refractivity contribution < 1.29 is 4.39 Å². The third-order valence-corrected chi connectivity index (χ3v) is 4.38. The maximum atomic E-state index is 13.4. The predicted octanol–water partition coefficient (Wildman–Crippen LogP) is 5.20. The summed E-state index contributed by atoms with van der Waals surface area (Å²) < 4.78 is 15.9. The fourth-order valence-corrected chi connectivity index (χ4v) is 3.21. The first-order valence-corrected chi connectivity index (χ1v) is 7.98. The molecule has 5 heteroatoms. The van der Waals surface area contributed by atoms with Gasteiger partial charge >= 0.3 is 0 Å². The van der Waals surface area contributed by atoms with Gasteiger partial charge in [-0.15, -0.1) is 0 Å². The molecule has 0 aliphatic carbocycles. The first-order chi connectivity index (χ1) is 11.6. The van der Waals surface area contributed by atoms with Gasteiger partial charge in [-0.2, -0.15) is 5.10 Å². The van der Waals surface area contributed by atoms with Crippen molar-refractivity contribution in [3.05, 3.63) is 76.8 Å². The highest BCUT2D eigenvalue weighted by Gasteiger charge is 2.15. The molecular formula is C19H14FN3S. The molecule has 0 atom stereocenters. The molecule has 0 spiro atoms. The molecular weight excluding hydrogens is 321 g/mol.